The van der Waals surface area contributed by atoms with Crippen LogP contribution in [0, 0.1) is 5.92 Å². The molecule has 0 heterocycles. The topological polar surface area (TPSA) is 159 Å². The Labute approximate surface area is 187 Å². The van der Waals surface area contributed by atoms with Gasteiger partial charge < -0.3 is 35.7 Å². The number of carbonyl (C=O) groups is 1. The van der Waals surface area contributed by atoms with Crippen molar-refractivity contribution in [2.45, 2.75) is 128 Å². The van der Waals surface area contributed by atoms with Gasteiger partial charge in [0.2, 0.25) is 0 Å². The maximum Gasteiger partial charge on any atom is 0.303 e. The highest BCUT2D eigenvalue weighted by molar-refractivity contribution is 5.66. The van der Waals surface area contributed by atoms with Crippen LogP contribution in [0.4, 0.5) is 0 Å². The van der Waals surface area contributed by atoms with Crippen molar-refractivity contribution in [1.82, 2.24) is 0 Å². The minimum Gasteiger partial charge on any atom is -0.481 e. The Hall–Kier alpha value is -0.770. The van der Waals surface area contributed by atoms with Crippen LogP contribution in [0.5, 0.6) is 0 Å². The third-order valence-corrected chi connectivity index (χ3v) is 5.16. The summed E-state index contributed by atoms with van der Waals surface area (Å²) in [5.74, 6) is 0.212. The maximum atomic E-state index is 10.3. The van der Waals surface area contributed by atoms with Crippen molar-refractivity contribution >= 4 is 5.97 Å². The molecule has 0 aliphatic rings. The third-order valence-electron chi connectivity index (χ3n) is 5.16. The minimum atomic E-state index is -2.13. The van der Waals surface area contributed by atoms with E-state index in [2.05, 4.69) is 13.8 Å². The van der Waals surface area contributed by atoms with Gasteiger partial charge in [0.25, 0.3) is 0 Å². The Bertz CT molecular complexity index is 390. The molecule has 0 radical (unpaired) electrons. The Balaban J connectivity index is 0. The zero-order valence-corrected chi connectivity index (χ0v) is 19.5. The van der Waals surface area contributed by atoms with Crippen molar-refractivity contribution in [3.8, 4) is 0 Å². The first kappa shape index (κ1) is 32.4. The van der Waals surface area contributed by atoms with Crippen LogP contribution in [0.2, 0.25) is 0 Å². The van der Waals surface area contributed by atoms with E-state index < -0.39 is 37.2 Å². The Morgan fingerprint density at radius 1 is 0.645 bits per heavy atom. The quantitative estimate of drug-likeness (QED) is 0.116. The molecule has 8 nitrogen and oxygen atoms in total. The van der Waals surface area contributed by atoms with Crippen LogP contribution in [0.25, 0.3) is 0 Å². The maximum absolute atomic E-state index is 10.3. The lowest BCUT2D eigenvalue weighted by Crippen LogP contribution is -2.45. The van der Waals surface area contributed by atoms with E-state index in [-0.39, 0.29) is 0 Å². The van der Waals surface area contributed by atoms with E-state index in [1.54, 1.807) is 0 Å². The molecule has 3 atom stereocenters. The van der Waals surface area contributed by atoms with Crippen LogP contribution in [-0.2, 0) is 4.79 Å². The van der Waals surface area contributed by atoms with Gasteiger partial charge in [-0.3, -0.25) is 4.79 Å². The molecule has 0 aliphatic heterocycles. The average Bonchev–Trinajstić information content (AvgIpc) is 2.72. The standard InChI is InChI=1S/C18H36O2.C5H12O6/c1-17(2)15-13-11-9-7-5-3-4-6-8-10-12-14-16-18(19)20;6-1-2(7)3(8)4(9)5(10)11/h17H,3-16H2,1-2H3,(H,19,20);2-11H,1H2/t;2-,3+,4-/m.0/s1. The number of aliphatic hydroxyl groups excluding tert-OH is 5. The summed E-state index contributed by atoms with van der Waals surface area (Å²) in [5.41, 5.74) is 0. The van der Waals surface area contributed by atoms with Crippen molar-refractivity contribution in [2.24, 2.45) is 5.92 Å². The first-order chi connectivity index (χ1) is 14.6. The number of rotatable bonds is 19. The van der Waals surface area contributed by atoms with E-state index in [0.29, 0.717) is 6.42 Å². The summed E-state index contributed by atoms with van der Waals surface area (Å²) in [4.78, 5) is 10.3. The lowest BCUT2D eigenvalue weighted by Gasteiger charge is -2.22. The van der Waals surface area contributed by atoms with Gasteiger partial charge >= 0.3 is 5.97 Å². The monoisotopic (exact) mass is 452 g/mol. The Morgan fingerprint density at radius 2 is 1.03 bits per heavy atom. The fourth-order valence-corrected chi connectivity index (χ4v) is 3.11. The van der Waals surface area contributed by atoms with E-state index >= 15 is 0 Å². The second-order valence-electron chi connectivity index (χ2n) is 8.71. The molecule has 0 aromatic carbocycles. The lowest BCUT2D eigenvalue weighted by molar-refractivity contribution is -0.180. The van der Waals surface area contributed by atoms with Crippen LogP contribution in [0.15, 0.2) is 0 Å². The zero-order chi connectivity index (χ0) is 24.1. The number of carboxylic acids is 1. The van der Waals surface area contributed by atoms with Gasteiger partial charge in [-0.15, -0.1) is 0 Å². The Morgan fingerprint density at radius 3 is 1.35 bits per heavy atom. The minimum absolute atomic E-state index is 0.344. The molecule has 31 heavy (non-hydrogen) atoms. The normalized spacial score (nSPS) is 14.3. The number of hydrogen-bond donors (Lipinski definition) is 7. The summed E-state index contributed by atoms with van der Waals surface area (Å²) in [6.45, 7) is 3.86. The predicted molar refractivity (Wildman–Crippen MR) is 120 cm³/mol. The molecule has 8 heteroatoms. The second-order valence-corrected chi connectivity index (χ2v) is 8.71. The molecule has 0 fully saturated rings. The molecular formula is C23H48O8. The van der Waals surface area contributed by atoms with Crippen LogP contribution in [0.1, 0.15) is 104 Å². The SMILES string of the molecule is CC(C)CCCCCCCCCCCCCCC(=O)O.OC[C@H](O)[C@@H](O)[C@H](O)C(O)O. The van der Waals surface area contributed by atoms with Gasteiger partial charge in [0.1, 0.15) is 18.3 Å². The molecule has 0 aromatic rings. The molecule has 0 rings (SSSR count). The van der Waals surface area contributed by atoms with Gasteiger partial charge in [-0.1, -0.05) is 90.9 Å². The van der Waals surface area contributed by atoms with Gasteiger partial charge in [0.15, 0.2) is 6.29 Å². The summed E-state index contributed by atoms with van der Waals surface area (Å²) >= 11 is 0. The second kappa shape index (κ2) is 22.4. The van der Waals surface area contributed by atoms with Crippen molar-refractivity contribution in [1.29, 1.82) is 0 Å². The smallest absolute Gasteiger partial charge is 0.303 e. The van der Waals surface area contributed by atoms with E-state index in [4.69, 9.17) is 35.7 Å². The highest BCUT2D eigenvalue weighted by Crippen LogP contribution is 2.14. The van der Waals surface area contributed by atoms with Gasteiger partial charge in [-0.25, -0.2) is 0 Å². The highest BCUT2D eigenvalue weighted by atomic mass is 16.5. The molecule has 0 saturated carbocycles. The predicted octanol–water partition coefficient (Wildman–Crippen LogP) is 2.56. The van der Waals surface area contributed by atoms with Crippen LogP contribution in [0.3, 0.4) is 0 Å². The number of unbranched alkanes of at least 4 members (excludes halogenated alkanes) is 11. The lowest BCUT2D eigenvalue weighted by atomic mass is 10.0. The Kier molecular flexibility index (Phi) is 23.4. The van der Waals surface area contributed by atoms with E-state index in [1.165, 1.54) is 70.6 Å². The van der Waals surface area contributed by atoms with E-state index in [1.807, 2.05) is 0 Å². The summed E-state index contributed by atoms with van der Waals surface area (Å²) in [5, 5.41) is 59.5. The fourth-order valence-electron chi connectivity index (χ4n) is 3.11. The largest absolute Gasteiger partial charge is 0.481 e. The molecule has 188 valence electrons. The molecule has 0 aliphatic carbocycles. The number of hydrogen-bond acceptors (Lipinski definition) is 7. The number of aliphatic carboxylic acids is 1. The van der Waals surface area contributed by atoms with Crippen molar-refractivity contribution in [2.75, 3.05) is 6.61 Å². The van der Waals surface area contributed by atoms with Crippen molar-refractivity contribution < 1.29 is 40.5 Å². The molecule has 0 spiro atoms. The van der Waals surface area contributed by atoms with E-state index in [0.717, 1.165) is 18.8 Å². The first-order valence-electron chi connectivity index (χ1n) is 11.9. The van der Waals surface area contributed by atoms with Crippen molar-refractivity contribution in [3.63, 3.8) is 0 Å². The molecule has 0 unspecified atom stereocenters. The van der Waals surface area contributed by atoms with Crippen molar-refractivity contribution in [3.05, 3.63) is 0 Å². The van der Waals surface area contributed by atoms with E-state index in [9.17, 15) is 4.79 Å². The van der Waals surface area contributed by atoms with Crippen LogP contribution in [-0.4, -0.2) is 72.9 Å². The zero-order valence-electron chi connectivity index (χ0n) is 19.5. The van der Waals surface area contributed by atoms with Gasteiger partial charge in [0, 0.05) is 6.42 Å². The summed E-state index contributed by atoms with van der Waals surface area (Å²) in [7, 11) is 0. The highest BCUT2D eigenvalue weighted by Gasteiger charge is 2.28. The van der Waals surface area contributed by atoms with Crippen LogP contribution >= 0.6 is 0 Å². The van der Waals surface area contributed by atoms with Gasteiger partial charge in [-0.2, -0.15) is 0 Å². The van der Waals surface area contributed by atoms with Crippen LogP contribution < -0.4 is 0 Å². The molecule has 0 bridgehead atoms. The number of carboxylic acid groups (broad SMARTS) is 1. The molecule has 0 saturated heterocycles. The van der Waals surface area contributed by atoms with Gasteiger partial charge in [-0.05, 0) is 12.3 Å². The molecule has 7 N–H and O–H groups in total. The molecular weight excluding hydrogens is 404 g/mol. The summed E-state index contributed by atoms with van der Waals surface area (Å²) in [6.07, 6.45) is 9.97. The summed E-state index contributed by atoms with van der Waals surface area (Å²) < 4.78 is 0. The first-order valence-corrected chi connectivity index (χ1v) is 11.9. The molecule has 0 amide bonds. The number of aliphatic hydroxyl groups is 6. The third kappa shape index (κ3) is 23.7. The average molecular weight is 453 g/mol. The summed E-state index contributed by atoms with van der Waals surface area (Å²) in [6, 6.07) is 0. The molecule has 0 aromatic heterocycles. The van der Waals surface area contributed by atoms with Gasteiger partial charge in [0.05, 0.1) is 6.61 Å². The fraction of sp³-hybridized carbons (Fsp3) is 0.957.